The van der Waals surface area contributed by atoms with Gasteiger partial charge in [-0.15, -0.1) is 0 Å². The molecular formula is C19H24N2O4S. The Kier molecular flexibility index (Phi) is 7.17. The molecular weight excluding hydrogens is 352 g/mol. The van der Waals surface area contributed by atoms with E-state index in [0.29, 0.717) is 18.5 Å². The Labute approximate surface area is 154 Å². The summed E-state index contributed by atoms with van der Waals surface area (Å²) in [6, 6.07) is 16.3. The van der Waals surface area contributed by atoms with Gasteiger partial charge < -0.3 is 10.1 Å². The molecule has 0 bridgehead atoms. The summed E-state index contributed by atoms with van der Waals surface area (Å²) in [7, 11) is -1.79. The minimum Gasteiger partial charge on any atom is -0.496 e. The fourth-order valence-corrected chi connectivity index (χ4v) is 3.43. The molecule has 0 atom stereocenters. The Hall–Kier alpha value is -2.38. The summed E-state index contributed by atoms with van der Waals surface area (Å²) in [6.45, 7) is 0.777. The van der Waals surface area contributed by atoms with Gasteiger partial charge in [-0.05, 0) is 30.2 Å². The number of carbonyl (C=O) groups is 1. The van der Waals surface area contributed by atoms with Gasteiger partial charge in [0.05, 0.1) is 13.4 Å². The second-order valence-corrected chi connectivity index (χ2v) is 7.83. The second kappa shape index (κ2) is 9.35. The summed E-state index contributed by atoms with van der Waals surface area (Å²) in [5, 5.41) is 2.75. The van der Waals surface area contributed by atoms with Gasteiger partial charge in [0.25, 0.3) is 5.91 Å². The normalized spacial score (nSPS) is 11.3. The van der Waals surface area contributed by atoms with Crippen LogP contribution in [0.15, 0.2) is 54.6 Å². The highest BCUT2D eigenvalue weighted by molar-refractivity contribution is 7.88. The number of methoxy groups -OCH3 is 1. The first-order valence-electron chi connectivity index (χ1n) is 8.32. The van der Waals surface area contributed by atoms with Crippen molar-refractivity contribution in [3.05, 3.63) is 65.7 Å². The quantitative estimate of drug-likeness (QED) is 0.726. The largest absolute Gasteiger partial charge is 0.496 e. The van der Waals surface area contributed by atoms with Crippen LogP contribution in [-0.4, -0.2) is 51.6 Å². The van der Waals surface area contributed by atoms with Gasteiger partial charge in [-0.2, -0.15) is 0 Å². The second-order valence-electron chi connectivity index (χ2n) is 5.85. The zero-order valence-electron chi connectivity index (χ0n) is 15.0. The van der Waals surface area contributed by atoms with Crippen molar-refractivity contribution in [1.82, 2.24) is 9.62 Å². The van der Waals surface area contributed by atoms with Crippen molar-refractivity contribution in [2.24, 2.45) is 0 Å². The highest BCUT2D eigenvalue weighted by Crippen LogP contribution is 2.18. The van der Waals surface area contributed by atoms with Gasteiger partial charge >= 0.3 is 0 Å². The summed E-state index contributed by atoms with van der Waals surface area (Å²) in [4.78, 5) is 12.0. The maximum atomic E-state index is 12.0. The van der Waals surface area contributed by atoms with Crippen molar-refractivity contribution in [3.63, 3.8) is 0 Å². The zero-order valence-corrected chi connectivity index (χ0v) is 15.8. The standard InChI is InChI=1S/C19H24N2O4S/c1-25-18-11-7-6-8-16(18)12-14-21(26(2,23)24)15-13-20-19(22)17-9-4-3-5-10-17/h3-11H,12-15H2,1-2H3,(H,20,22). The van der Waals surface area contributed by atoms with Gasteiger partial charge in [-0.3, -0.25) is 4.79 Å². The fraction of sp³-hybridized carbons (Fsp3) is 0.316. The van der Waals surface area contributed by atoms with E-state index in [1.807, 2.05) is 30.3 Å². The molecule has 2 rings (SSSR count). The first-order chi connectivity index (χ1) is 12.4. The zero-order chi connectivity index (χ0) is 19.0. The molecule has 0 spiro atoms. The number of para-hydroxylation sites is 1. The third kappa shape index (κ3) is 5.86. The van der Waals surface area contributed by atoms with E-state index in [1.165, 1.54) is 10.6 Å². The molecule has 140 valence electrons. The van der Waals surface area contributed by atoms with E-state index in [2.05, 4.69) is 5.32 Å². The van der Waals surface area contributed by atoms with Crippen molar-refractivity contribution >= 4 is 15.9 Å². The first kappa shape index (κ1) is 19.9. The average molecular weight is 376 g/mol. The molecule has 0 saturated heterocycles. The predicted molar refractivity (Wildman–Crippen MR) is 102 cm³/mol. The Balaban J connectivity index is 1.92. The van der Waals surface area contributed by atoms with Crippen LogP contribution in [0.25, 0.3) is 0 Å². The van der Waals surface area contributed by atoms with E-state index in [1.54, 1.807) is 31.4 Å². The fourth-order valence-electron chi connectivity index (χ4n) is 2.58. The number of amides is 1. The van der Waals surface area contributed by atoms with E-state index in [9.17, 15) is 13.2 Å². The topological polar surface area (TPSA) is 75.7 Å². The molecule has 0 radical (unpaired) electrons. The highest BCUT2D eigenvalue weighted by Gasteiger charge is 2.17. The molecule has 1 amide bonds. The van der Waals surface area contributed by atoms with Crippen LogP contribution in [0.2, 0.25) is 0 Å². The van der Waals surface area contributed by atoms with Gasteiger partial charge in [-0.25, -0.2) is 12.7 Å². The van der Waals surface area contributed by atoms with Crippen LogP contribution < -0.4 is 10.1 Å². The molecule has 6 nitrogen and oxygen atoms in total. The lowest BCUT2D eigenvalue weighted by atomic mass is 10.1. The van der Waals surface area contributed by atoms with Gasteiger partial charge in [0.1, 0.15) is 5.75 Å². The van der Waals surface area contributed by atoms with E-state index in [0.717, 1.165) is 11.3 Å². The number of hydrogen-bond acceptors (Lipinski definition) is 4. The van der Waals surface area contributed by atoms with Crippen molar-refractivity contribution in [1.29, 1.82) is 0 Å². The number of benzene rings is 2. The third-order valence-electron chi connectivity index (χ3n) is 3.97. The molecule has 2 aromatic carbocycles. The molecule has 0 aliphatic heterocycles. The van der Waals surface area contributed by atoms with Crippen LogP contribution in [0.5, 0.6) is 5.75 Å². The maximum absolute atomic E-state index is 12.0. The van der Waals surface area contributed by atoms with Crippen LogP contribution in [0.1, 0.15) is 15.9 Å². The Morgan fingerprint density at radius 3 is 2.35 bits per heavy atom. The molecule has 0 heterocycles. The summed E-state index contributed by atoms with van der Waals surface area (Å²) in [5.74, 6) is 0.516. The molecule has 0 aliphatic carbocycles. The monoisotopic (exact) mass is 376 g/mol. The molecule has 0 saturated carbocycles. The smallest absolute Gasteiger partial charge is 0.251 e. The van der Waals surface area contributed by atoms with Crippen LogP contribution in [0.4, 0.5) is 0 Å². The summed E-state index contributed by atoms with van der Waals surface area (Å²) in [5.41, 5.74) is 1.49. The number of ether oxygens (including phenoxy) is 1. The van der Waals surface area contributed by atoms with E-state index < -0.39 is 10.0 Å². The van der Waals surface area contributed by atoms with Crippen molar-refractivity contribution < 1.29 is 17.9 Å². The molecule has 26 heavy (non-hydrogen) atoms. The van der Waals surface area contributed by atoms with Crippen LogP contribution in [-0.2, 0) is 16.4 Å². The van der Waals surface area contributed by atoms with Crippen LogP contribution >= 0.6 is 0 Å². The lowest BCUT2D eigenvalue weighted by Crippen LogP contribution is -2.39. The Bertz CT molecular complexity index is 822. The molecule has 7 heteroatoms. The molecule has 0 unspecified atom stereocenters. The minimum atomic E-state index is -3.38. The Morgan fingerprint density at radius 1 is 1.04 bits per heavy atom. The van der Waals surface area contributed by atoms with E-state index >= 15 is 0 Å². The number of sulfonamides is 1. The third-order valence-corrected chi connectivity index (χ3v) is 5.28. The lowest BCUT2D eigenvalue weighted by molar-refractivity contribution is 0.0951. The maximum Gasteiger partial charge on any atom is 0.251 e. The van der Waals surface area contributed by atoms with Crippen LogP contribution in [0, 0.1) is 0 Å². The molecule has 0 aliphatic rings. The lowest BCUT2D eigenvalue weighted by Gasteiger charge is -2.20. The SMILES string of the molecule is COc1ccccc1CCN(CCNC(=O)c1ccccc1)S(C)(=O)=O. The van der Waals surface area contributed by atoms with Gasteiger partial charge in [0, 0.05) is 25.2 Å². The van der Waals surface area contributed by atoms with Crippen molar-refractivity contribution in [2.75, 3.05) is 33.0 Å². The average Bonchev–Trinajstić information content (AvgIpc) is 2.64. The molecule has 2 aromatic rings. The number of nitrogens with zero attached hydrogens (tertiary/aromatic N) is 1. The number of hydrogen-bond donors (Lipinski definition) is 1. The first-order valence-corrected chi connectivity index (χ1v) is 10.2. The van der Waals surface area contributed by atoms with Crippen molar-refractivity contribution in [3.8, 4) is 5.75 Å². The molecule has 1 N–H and O–H groups in total. The number of carbonyl (C=O) groups excluding carboxylic acids is 1. The summed E-state index contributed by atoms with van der Waals surface area (Å²) in [6.07, 6.45) is 1.71. The number of nitrogens with one attached hydrogen (secondary N) is 1. The van der Waals surface area contributed by atoms with Gasteiger partial charge in [0.2, 0.25) is 10.0 Å². The molecule has 0 fully saturated rings. The number of rotatable bonds is 9. The van der Waals surface area contributed by atoms with E-state index in [4.69, 9.17) is 4.74 Å². The predicted octanol–water partition coefficient (Wildman–Crippen LogP) is 1.93. The minimum absolute atomic E-state index is 0.215. The van der Waals surface area contributed by atoms with Crippen molar-refractivity contribution in [2.45, 2.75) is 6.42 Å². The van der Waals surface area contributed by atoms with Crippen LogP contribution in [0.3, 0.4) is 0 Å². The summed E-state index contributed by atoms with van der Waals surface area (Å²) < 4.78 is 30.7. The Morgan fingerprint density at radius 2 is 1.69 bits per heavy atom. The highest BCUT2D eigenvalue weighted by atomic mass is 32.2. The van der Waals surface area contributed by atoms with Gasteiger partial charge in [-0.1, -0.05) is 36.4 Å². The van der Waals surface area contributed by atoms with E-state index in [-0.39, 0.29) is 19.0 Å². The summed E-state index contributed by atoms with van der Waals surface area (Å²) >= 11 is 0. The van der Waals surface area contributed by atoms with Gasteiger partial charge in [0.15, 0.2) is 0 Å². The molecule has 0 aromatic heterocycles.